The van der Waals surface area contributed by atoms with Gasteiger partial charge in [-0.2, -0.15) is 0 Å². The number of ether oxygens (including phenoxy) is 2. The normalized spacial score (nSPS) is 14.1. The number of carbonyl (C=O) groups is 3. The van der Waals surface area contributed by atoms with Gasteiger partial charge in [-0.25, -0.2) is 4.57 Å². The van der Waals surface area contributed by atoms with Crippen LogP contribution in [0.15, 0.2) is 24.3 Å². The summed E-state index contributed by atoms with van der Waals surface area (Å²) in [5.74, 6) is -2.38. The first-order valence-corrected chi connectivity index (χ1v) is 21.9. The highest BCUT2D eigenvalue weighted by molar-refractivity contribution is 7.47. The number of phosphoric acid groups is 1. The van der Waals surface area contributed by atoms with Crippen LogP contribution in [0.2, 0.25) is 0 Å². The number of phosphoric ester groups is 1. The van der Waals surface area contributed by atoms with Crippen molar-refractivity contribution in [2.75, 3.05) is 19.8 Å². The molecule has 0 amide bonds. The minimum absolute atomic E-state index is 0.159. The van der Waals surface area contributed by atoms with E-state index in [2.05, 4.69) is 42.7 Å². The summed E-state index contributed by atoms with van der Waals surface area (Å²) in [6, 6.07) is -1.52. The molecule has 0 heterocycles. The number of carboxylic acid groups (broad SMARTS) is 1. The van der Waals surface area contributed by atoms with Gasteiger partial charge in [0.2, 0.25) is 0 Å². The van der Waals surface area contributed by atoms with Crippen LogP contribution in [0, 0.1) is 0 Å². The van der Waals surface area contributed by atoms with Gasteiger partial charge in [0.1, 0.15) is 12.6 Å². The van der Waals surface area contributed by atoms with Gasteiger partial charge in [-0.15, -0.1) is 0 Å². The van der Waals surface area contributed by atoms with Crippen LogP contribution in [0.3, 0.4) is 0 Å². The lowest BCUT2D eigenvalue weighted by Crippen LogP contribution is -2.34. The number of carboxylic acids is 1. The molecule has 0 radical (unpaired) electrons. The zero-order valence-corrected chi connectivity index (χ0v) is 33.5. The summed E-state index contributed by atoms with van der Waals surface area (Å²) < 4.78 is 32.6. The second-order valence-corrected chi connectivity index (χ2v) is 15.2. The molecule has 3 atom stereocenters. The van der Waals surface area contributed by atoms with Crippen LogP contribution in [0.1, 0.15) is 181 Å². The molecule has 0 aromatic carbocycles. The van der Waals surface area contributed by atoms with Gasteiger partial charge in [0.15, 0.2) is 6.10 Å². The highest BCUT2D eigenvalue weighted by Crippen LogP contribution is 2.43. The molecule has 304 valence electrons. The Kier molecular flexibility index (Phi) is 34.6. The first-order valence-electron chi connectivity index (χ1n) is 20.4. The number of rotatable bonds is 38. The molecule has 12 heteroatoms. The Bertz CT molecular complexity index is 989. The average molecular weight is 760 g/mol. The molecule has 11 nitrogen and oxygen atoms in total. The van der Waals surface area contributed by atoms with Crippen LogP contribution < -0.4 is 5.73 Å². The van der Waals surface area contributed by atoms with Crippen molar-refractivity contribution < 1.29 is 47.5 Å². The molecule has 4 N–H and O–H groups in total. The number of hydrogen-bond acceptors (Lipinski definition) is 9. The molecule has 0 saturated heterocycles. The van der Waals surface area contributed by atoms with E-state index in [1.165, 1.54) is 89.9 Å². The van der Waals surface area contributed by atoms with Gasteiger partial charge in [-0.05, 0) is 44.9 Å². The summed E-state index contributed by atoms with van der Waals surface area (Å²) in [6.45, 7) is 2.74. The van der Waals surface area contributed by atoms with Crippen molar-refractivity contribution in [3.05, 3.63) is 24.3 Å². The standard InChI is InChI=1S/C40H74NO10P/c1-3-5-7-9-11-13-14-15-16-17-18-19-20-21-22-24-26-28-30-32-39(43)51-36(34-49-52(46,47)50-35-37(41)40(44)45)33-48-38(42)31-29-27-25-23-12-10-8-6-4-2/h11,13,15-16,36-37H,3-10,12,14,17-35,41H2,1-2H3,(H,44,45)(H,46,47)/b13-11+,16-15+/t36-,37-/m0/s1. The molecule has 0 bridgehead atoms. The summed E-state index contributed by atoms with van der Waals surface area (Å²) >= 11 is 0. The smallest absolute Gasteiger partial charge is 0.472 e. The van der Waals surface area contributed by atoms with E-state index in [4.69, 9.17) is 24.8 Å². The Hall–Kier alpha value is -2.04. The predicted octanol–water partition coefficient (Wildman–Crippen LogP) is 10.3. The highest BCUT2D eigenvalue weighted by atomic mass is 31.2. The summed E-state index contributed by atoms with van der Waals surface area (Å²) in [7, 11) is -4.71. The average Bonchev–Trinajstić information content (AvgIpc) is 3.12. The number of carbonyl (C=O) groups excluding carboxylic acids is 2. The van der Waals surface area contributed by atoms with Gasteiger partial charge in [0.25, 0.3) is 0 Å². The topological polar surface area (TPSA) is 172 Å². The SMILES string of the molecule is CCCCC/C=C/C/C=C/CCCCCCCCCCCC(=O)O[C@@H](COC(=O)CCCCCCCCCCC)COP(=O)(O)OC[C@H](N)C(=O)O. The third-order valence-electron chi connectivity index (χ3n) is 8.70. The first kappa shape index (κ1) is 50.0. The van der Waals surface area contributed by atoms with Crippen molar-refractivity contribution >= 4 is 25.7 Å². The molecule has 1 unspecified atom stereocenters. The van der Waals surface area contributed by atoms with Crippen molar-refractivity contribution in [3.8, 4) is 0 Å². The van der Waals surface area contributed by atoms with E-state index in [1.807, 2.05) is 0 Å². The summed E-state index contributed by atoms with van der Waals surface area (Å²) in [4.78, 5) is 45.7. The molecule has 52 heavy (non-hydrogen) atoms. The van der Waals surface area contributed by atoms with Gasteiger partial charge in [-0.1, -0.05) is 147 Å². The number of allylic oxidation sites excluding steroid dienone is 4. The molecule has 0 saturated carbocycles. The van der Waals surface area contributed by atoms with Crippen LogP contribution >= 0.6 is 7.82 Å². The third kappa shape index (κ3) is 35.0. The lowest BCUT2D eigenvalue weighted by atomic mass is 10.1. The molecule has 0 rings (SSSR count). The Morgan fingerprint density at radius 2 is 1.02 bits per heavy atom. The zero-order chi connectivity index (χ0) is 38.5. The number of nitrogens with two attached hydrogens (primary N) is 1. The maximum absolute atomic E-state index is 12.6. The Balaban J connectivity index is 4.33. The zero-order valence-electron chi connectivity index (χ0n) is 32.7. The molecular weight excluding hydrogens is 685 g/mol. The molecule has 0 fully saturated rings. The summed E-state index contributed by atoms with van der Waals surface area (Å²) in [5, 5.41) is 8.86. The van der Waals surface area contributed by atoms with Gasteiger partial charge in [0.05, 0.1) is 13.2 Å². The van der Waals surface area contributed by atoms with E-state index in [0.29, 0.717) is 12.8 Å². The van der Waals surface area contributed by atoms with Crippen LogP contribution in [0.4, 0.5) is 0 Å². The van der Waals surface area contributed by atoms with Crippen molar-refractivity contribution in [2.24, 2.45) is 5.73 Å². The van der Waals surface area contributed by atoms with Gasteiger partial charge < -0.3 is 25.2 Å². The second-order valence-electron chi connectivity index (χ2n) is 13.8. The van der Waals surface area contributed by atoms with Crippen molar-refractivity contribution in [3.63, 3.8) is 0 Å². The molecule has 0 aromatic heterocycles. The Morgan fingerprint density at radius 1 is 0.596 bits per heavy atom. The van der Waals surface area contributed by atoms with E-state index in [1.54, 1.807) is 0 Å². The Morgan fingerprint density at radius 3 is 1.54 bits per heavy atom. The summed E-state index contributed by atoms with van der Waals surface area (Å²) in [6.07, 6.45) is 35.4. The van der Waals surface area contributed by atoms with E-state index >= 15 is 0 Å². The molecule has 0 aromatic rings. The lowest BCUT2D eigenvalue weighted by Gasteiger charge is -2.20. The fourth-order valence-electron chi connectivity index (χ4n) is 5.45. The molecular formula is C40H74NO10P. The molecule has 0 aliphatic rings. The first-order chi connectivity index (χ1) is 25.1. The van der Waals surface area contributed by atoms with Gasteiger partial charge >= 0.3 is 25.7 Å². The second kappa shape index (κ2) is 36.0. The number of unbranched alkanes of at least 4 members (excludes halogenated alkanes) is 20. The monoisotopic (exact) mass is 760 g/mol. The fraction of sp³-hybridized carbons (Fsp3) is 0.825. The fourth-order valence-corrected chi connectivity index (χ4v) is 6.23. The quantitative estimate of drug-likeness (QED) is 0.0237. The van der Waals surface area contributed by atoms with E-state index in [-0.39, 0.29) is 19.4 Å². The number of aliphatic carboxylic acids is 1. The van der Waals surface area contributed by atoms with Crippen molar-refractivity contribution in [1.29, 1.82) is 0 Å². The van der Waals surface area contributed by atoms with Crippen molar-refractivity contribution in [1.82, 2.24) is 0 Å². The van der Waals surface area contributed by atoms with E-state index in [9.17, 15) is 23.8 Å². The number of esters is 2. The van der Waals surface area contributed by atoms with Crippen LogP contribution in [0.5, 0.6) is 0 Å². The molecule has 0 spiro atoms. The van der Waals surface area contributed by atoms with Crippen LogP contribution in [-0.4, -0.2) is 59.9 Å². The van der Waals surface area contributed by atoms with Gasteiger partial charge in [-0.3, -0.25) is 23.4 Å². The maximum atomic E-state index is 12.6. The Labute approximate surface area is 315 Å². The minimum atomic E-state index is -4.71. The largest absolute Gasteiger partial charge is 0.480 e. The van der Waals surface area contributed by atoms with Crippen LogP contribution in [-0.2, 0) is 37.5 Å². The number of hydrogen-bond donors (Lipinski definition) is 3. The van der Waals surface area contributed by atoms with Gasteiger partial charge in [0, 0.05) is 12.8 Å². The van der Waals surface area contributed by atoms with E-state index in [0.717, 1.165) is 51.4 Å². The lowest BCUT2D eigenvalue weighted by molar-refractivity contribution is -0.161. The molecule has 0 aliphatic heterocycles. The predicted molar refractivity (Wildman–Crippen MR) is 208 cm³/mol. The highest BCUT2D eigenvalue weighted by Gasteiger charge is 2.28. The third-order valence-corrected chi connectivity index (χ3v) is 9.65. The van der Waals surface area contributed by atoms with Crippen molar-refractivity contribution in [2.45, 2.75) is 193 Å². The minimum Gasteiger partial charge on any atom is -0.480 e. The molecule has 0 aliphatic carbocycles. The van der Waals surface area contributed by atoms with Crippen LogP contribution in [0.25, 0.3) is 0 Å². The maximum Gasteiger partial charge on any atom is 0.472 e. The van der Waals surface area contributed by atoms with E-state index < -0.39 is 51.1 Å². The summed E-state index contributed by atoms with van der Waals surface area (Å²) in [5.41, 5.74) is 5.32.